The number of phenolic OH excluding ortho intramolecular Hbond substituents is 1. The summed E-state index contributed by atoms with van der Waals surface area (Å²) in [6.07, 6.45) is 0. The number of nitrogens with zero attached hydrogens (tertiary/aromatic N) is 1. The van der Waals surface area contributed by atoms with Gasteiger partial charge in [-0.15, -0.1) is 0 Å². The summed E-state index contributed by atoms with van der Waals surface area (Å²) in [6.45, 7) is 4.80. The van der Waals surface area contributed by atoms with Crippen LogP contribution in [0, 0.1) is 0 Å². The summed E-state index contributed by atoms with van der Waals surface area (Å²) in [7, 11) is -3.45. The van der Waals surface area contributed by atoms with E-state index >= 15 is 0 Å². The Balaban J connectivity index is 2.48. The fraction of sp³-hybridized carbons (Fsp3) is 0.500. The van der Waals surface area contributed by atoms with Crippen molar-refractivity contribution in [1.29, 1.82) is 0 Å². The van der Waals surface area contributed by atoms with Gasteiger partial charge in [0.15, 0.2) is 0 Å². The van der Waals surface area contributed by atoms with Crippen LogP contribution >= 0.6 is 0 Å². The zero-order valence-corrected chi connectivity index (χ0v) is 11.4. The van der Waals surface area contributed by atoms with Gasteiger partial charge in [0, 0.05) is 25.7 Å². The molecule has 0 bridgehead atoms. The number of phenols is 1. The average Bonchev–Trinajstić information content (AvgIpc) is 2.37. The number of anilines is 1. The Morgan fingerprint density at radius 2 is 2.11 bits per heavy atom. The maximum Gasteiger partial charge on any atom is 0.241 e. The number of aromatic hydroxyl groups is 1. The second-order valence-electron chi connectivity index (χ2n) is 5.03. The van der Waals surface area contributed by atoms with Crippen LogP contribution < -0.4 is 9.62 Å². The van der Waals surface area contributed by atoms with Gasteiger partial charge in [-0.3, -0.25) is 4.31 Å². The molecule has 6 heteroatoms. The highest BCUT2D eigenvalue weighted by Gasteiger charge is 2.40. The van der Waals surface area contributed by atoms with E-state index < -0.39 is 14.8 Å². The van der Waals surface area contributed by atoms with Gasteiger partial charge in [-0.1, -0.05) is 6.07 Å². The largest absolute Gasteiger partial charge is 0.508 e. The van der Waals surface area contributed by atoms with E-state index in [0.29, 0.717) is 25.3 Å². The van der Waals surface area contributed by atoms with E-state index in [0.717, 1.165) is 0 Å². The topological polar surface area (TPSA) is 69.6 Å². The van der Waals surface area contributed by atoms with Crippen LogP contribution in [0.2, 0.25) is 0 Å². The lowest BCUT2D eigenvalue weighted by Crippen LogP contribution is -2.46. The molecule has 0 amide bonds. The fourth-order valence-electron chi connectivity index (χ4n) is 2.00. The number of sulfonamides is 1. The van der Waals surface area contributed by atoms with Gasteiger partial charge < -0.3 is 10.4 Å². The zero-order chi connectivity index (χ0) is 13.4. The van der Waals surface area contributed by atoms with E-state index in [1.54, 1.807) is 26.0 Å². The van der Waals surface area contributed by atoms with Gasteiger partial charge >= 0.3 is 0 Å². The Bertz CT molecular complexity index is 540. The Labute approximate surface area is 107 Å². The first-order chi connectivity index (χ1) is 8.34. The quantitative estimate of drug-likeness (QED) is 0.796. The molecule has 2 rings (SSSR count). The lowest BCUT2D eigenvalue weighted by atomic mass is 10.2. The predicted octanol–water partition coefficient (Wildman–Crippen LogP) is 0.910. The van der Waals surface area contributed by atoms with Crippen molar-refractivity contribution in [2.45, 2.75) is 18.6 Å². The molecular weight excluding hydrogens is 252 g/mol. The highest BCUT2D eigenvalue weighted by molar-refractivity contribution is 7.94. The van der Waals surface area contributed by atoms with E-state index in [9.17, 15) is 13.5 Å². The van der Waals surface area contributed by atoms with Crippen molar-refractivity contribution in [3.8, 4) is 5.75 Å². The molecule has 1 aromatic rings. The van der Waals surface area contributed by atoms with Crippen molar-refractivity contribution in [3.05, 3.63) is 24.3 Å². The maximum atomic E-state index is 12.6. The molecule has 1 aromatic carbocycles. The summed E-state index contributed by atoms with van der Waals surface area (Å²) in [5.41, 5.74) is 0.506. The molecule has 1 aliphatic heterocycles. The lowest BCUT2D eigenvalue weighted by Gasteiger charge is -2.30. The van der Waals surface area contributed by atoms with Gasteiger partial charge in [-0.2, -0.15) is 0 Å². The van der Waals surface area contributed by atoms with Crippen molar-refractivity contribution in [3.63, 3.8) is 0 Å². The third-order valence-corrected chi connectivity index (χ3v) is 5.66. The molecule has 1 saturated heterocycles. The molecule has 0 saturated carbocycles. The third-order valence-electron chi connectivity index (χ3n) is 3.15. The monoisotopic (exact) mass is 270 g/mol. The van der Waals surface area contributed by atoms with E-state index in [4.69, 9.17) is 0 Å². The summed E-state index contributed by atoms with van der Waals surface area (Å²) < 4.78 is 25.6. The van der Waals surface area contributed by atoms with Crippen LogP contribution in [0.4, 0.5) is 5.69 Å². The van der Waals surface area contributed by atoms with E-state index in [1.807, 2.05) is 0 Å². The SMILES string of the molecule is CC1(C)CNCCN(c2cccc(O)c2)S1(=O)=O. The highest BCUT2D eigenvalue weighted by atomic mass is 32.2. The second kappa shape index (κ2) is 4.44. The van der Waals surface area contributed by atoms with Crippen LogP contribution in [0.15, 0.2) is 24.3 Å². The summed E-state index contributed by atoms with van der Waals surface area (Å²) in [5.74, 6) is 0.0673. The molecule has 2 N–H and O–H groups in total. The summed E-state index contributed by atoms with van der Waals surface area (Å²) in [5, 5.41) is 12.6. The predicted molar refractivity (Wildman–Crippen MR) is 71.3 cm³/mol. The normalized spacial score (nSPS) is 22.4. The second-order valence-corrected chi connectivity index (χ2v) is 7.53. The van der Waals surface area contributed by atoms with Gasteiger partial charge in [0.25, 0.3) is 0 Å². The van der Waals surface area contributed by atoms with E-state index in [-0.39, 0.29) is 5.75 Å². The van der Waals surface area contributed by atoms with Gasteiger partial charge in [0.2, 0.25) is 10.0 Å². The van der Waals surface area contributed by atoms with Gasteiger partial charge in [-0.25, -0.2) is 8.42 Å². The van der Waals surface area contributed by atoms with Crippen LogP contribution in [0.25, 0.3) is 0 Å². The zero-order valence-electron chi connectivity index (χ0n) is 10.5. The summed E-state index contributed by atoms with van der Waals surface area (Å²) in [4.78, 5) is 0. The number of hydrogen-bond donors (Lipinski definition) is 2. The average molecular weight is 270 g/mol. The first kappa shape index (κ1) is 13.2. The molecule has 100 valence electrons. The minimum absolute atomic E-state index is 0.0673. The van der Waals surface area contributed by atoms with Crippen molar-refractivity contribution in [2.75, 3.05) is 23.9 Å². The van der Waals surface area contributed by atoms with Gasteiger partial charge in [-0.05, 0) is 26.0 Å². The molecule has 0 atom stereocenters. The fourth-order valence-corrected chi connectivity index (χ4v) is 3.60. The molecule has 0 spiro atoms. The van der Waals surface area contributed by atoms with Crippen LogP contribution in [0.1, 0.15) is 13.8 Å². The highest BCUT2D eigenvalue weighted by Crippen LogP contribution is 2.29. The van der Waals surface area contributed by atoms with E-state index in [2.05, 4.69) is 5.32 Å². The first-order valence-electron chi connectivity index (χ1n) is 5.87. The first-order valence-corrected chi connectivity index (χ1v) is 7.31. The van der Waals surface area contributed by atoms with Crippen molar-refractivity contribution in [1.82, 2.24) is 5.32 Å². The Hall–Kier alpha value is -1.27. The number of hydrogen-bond acceptors (Lipinski definition) is 4. The summed E-state index contributed by atoms with van der Waals surface area (Å²) >= 11 is 0. The molecule has 1 fully saturated rings. The molecule has 0 radical (unpaired) electrons. The van der Waals surface area contributed by atoms with Gasteiger partial charge in [0.05, 0.1) is 10.4 Å². The third kappa shape index (κ3) is 2.18. The van der Waals surface area contributed by atoms with Crippen molar-refractivity contribution >= 4 is 15.7 Å². The molecule has 0 unspecified atom stereocenters. The van der Waals surface area contributed by atoms with Crippen molar-refractivity contribution < 1.29 is 13.5 Å². The number of benzene rings is 1. The van der Waals surface area contributed by atoms with Gasteiger partial charge in [0.1, 0.15) is 5.75 Å². The Kier molecular flexibility index (Phi) is 3.25. The van der Waals surface area contributed by atoms with Crippen LogP contribution in [-0.4, -0.2) is 37.9 Å². The standard InChI is InChI=1S/C12H18N2O3S/c1-12(2)9-13-6-7-14(18(12,16)17)10-4-3-5-11(15)8-10/h3-5,8,13,15H,6-7,9H2,1-2H3. The Morgan fingerprint density at radius 3 is 2.78 bits per heavy atom. The molecule has 0 aliphatic carbocycles. The summed E-state index contributed by atoms with van der Waals surface area (Å²) in [6, 6.07) is 6.33. The van der Waals surface area contributed by atoms with E-state index in [1.165, 1.54) is 16.4 Å². The molecule has 18 heavy (non-hydrogen) atoms. The lowest BCUT2D eigenvalue weighted by molar-refractivity contribution is 0.475. The molecular formula is C12H18N2O3S. The smallest absolute Gasteiger partial charge is 0.241 e. The minimum atomic E-state index is -3.45. The van der Waals surface area contributed by atoms with Crippen LogP contribution in [-0.2, 0) is 10.0 Å². The molecule has 1 aliphatic rings. The molecule has 1 heterocycles. The maximum absolute atomic E-state index is 12.6. The van der Waals surface area contributed by atoms with Crippen LogP contribution in [0.5, 0.6) is 5.75 Å². The molecule has 5 nitrogen and oxygen atoms in total. The van der Waals surface area contributed by atoms with Crippen molar-refractivity contribution in [2.24, 2.45) is 0 Å². The van der Waals surface area contributed by atoms with Crippen LogP contribution in [0.3, 0.4) is 0 Å². The number of rotatable bonds is 1. The minimum Gasteiger partial charge on any atom is -0.508 e. The Morgan fingerprint density at radius 1 is 1.39 bits per heavy atom. The molecule has 0 aromatic heterocycles. The number of nitrogens with one attached hydrogen (secondary N) is 1.